The molecule has 0 saturated heterocycles. The molecule has 2 saturated carbocycles. The van der Waals surface area contributed by atoms with Crippen molar-refractivity contribution in [3.63, 3.8) is 0 Å². The van der Waals surface area contributed by atoms with E-state index in [0.717, 1.165) is 81.3 Å². The number of amides is 1. The van der Waals surface area contributed by atoms with Crippen molar-refractivity contribution in [3.8, 4) is 0 Å². The Morgan fingerprint density at radius 3 is 1.91 bits per heavy atom. The van der Waals surface area contributed by atoms with Crippen LogP contribution in [0.15, 0.2) is 48.5 Å². The second-order valence-corrected chi connectivity index (χ2v) is 10.4. The largest absolute Gasteiger partial charge is 0.416 e. The number of hydrogen-bond donors (Lipinski definition) is 3. The molecule has 188 valence electrons. The molecule has 5 rings (SSSR count). The maximum Gasteiger partial charge on any atom is 0.416 e. The average molecular weight is 486 g/mol. The predicted molar refractivity (Wildman–Crippen MR) is 132 cm³/mol. The van der Waals surface area contributed by atoms with Gasteiger partial charge in [0.1, 0.15) is 5.66 Å². The number of halogens is 3. The van der Waals surface area contributed by atoms with Gasteiger partial charge in [-0.3, -0.25) is 4.79 Å². The van der Waals surface area contributed by atoms with Crippen LogP contribution in [0.5, 0.6) is 0 Å². The molecule has 3 aliphatic rings. The molecule has 2 fully saturated rings. The van der Waals surface area contributed by atoms with Crippen LogP contribution >= 0.6 is 0 Å². The van der Waals surface area contributed by atoms with Gasteiger partial charge in [0.05, 0.1) is 22.9 Å². The molecule has 4 nitrogen and oxygen atoms in total. The van der Waals surface area contributed by atoms with E-state index in [9.17, 15) is 18.0 Å². The molecule has 2 aromatic carbocycles. The van der Waals surface area contributed by atoms with Gasteiger partial charge in [-0.2, -0.15) is 13.2 Å². The van der Waals surface area contributed by atoms with E-state index in [0.29, 0.717) is 5.56 Å². The Morgan fingerprint density at radius 2 is 1.37 bits per heavy atom. The smallest absolute Gasteiger partial charge is 0.357 e. The summed E-state index contributed by atoms with van der Waals surface area (Å²) in [4.78, 5) is 14.1. The van der Waals surface area contributed by atoms with E-state index in [1.807, 2.05) is 24.3 Å². The van der Waals surface area contributed by atoms with Gasteiger partial charge in [-0.15, -0.1) is 0 Å². The first-order valence-electron chi connectivity index (χ1n) is 13.0. The van der Waals surface area contributed by atoms with Crippen LogP contribution in [0.2, 0.25) is 0 Å². The molecule has 0 aromatic heterocycles. The monoisotopic (exact) mass is 485 g/mol. The summed E-state index contributed by atoms with van der Waals surface area (Å²) in [6.45, 7) is 0. The summed E-state index contributed by atoms with van der Waals surface area (Å²) in [7, 11) is 0. The SMILES string of the molecule is O=C(NC1CCCCC1)C(C1CCCCC1)C1(c2ccc(C(F)(F)F)cc2)Nc2ccccc2N1. The van der Waals surface area contributed by atoms with E-state index < -0.39 is 23.3 Å². The zero-order valence-electron chi connectivity index (χ0n) is 20.0. The third-order valence-corrected chi connectivity index (χ3v) is 8.08. The van der Waals surface area contributed by atoms with Crippen molar-refractivity contribution in [1.29, 1.82) is 0 Å². The van der Waals surface area contributed by atoms with E-state index in [2.05, 4.69) is 16.0 Å². The van der Waals surface area contributed by atoms with Crippen molar-refractivity contribution < 1.29 is 18.0 Å². The number of anilines is 2. The summed E-state index contributed by atoms with van der Waals surface area (Å²) in [5, 5.41) is 10.5. The number of rotatable bonds is 5. The van der Waals surface area contributed by atoms with Crippen molar-refractivity contribution in [2.75, 3.05) is 10.6 Å². The van der Waals surface area contributed by atoms with Gasteiger partial charge in [-0.25, -0.2) is 0 Å². The lowest BCUT2D eigenvalue weighted by Gasteiger charge is -2.44. The summed E-state index contributed by atoms with van der Waals surface area (Å²) >= 11 is 0. The van der Waals surface area contributed by atoms with Crippen LogP contribution in [0, 0.1) is 11.8 Å². The molecule has 3 N–H and O–H groups in total. The van der Waals surface area contributed by atoms with Gasteiger partial charge in [-0.1, -0.05) is 62.8 Å². The number of nitrogens with one attached hydrogen (secondary N) is 3. The number of alkyl halides is 3. The second-order valence-electron chi connectivity index (χ2n) is 10.4. The Balaban J connectivity index is 1.56. The van der Waals surface area contributed by atoms with Gasteiger partial charge in [0, 0.05) is 6.04 Å². The normalized spacial score (nSPS) is 21.5. The fourth-order valence-electron chi connectivity index (χ4n) is 6.33. The minimum atomic E-state index is -4.41. The quantitative estimate of drug-likeness (QED) is 0.426. The van der Waals surface area contributed by atoms with Crippen LogP contribution in [-0.4, -0.2) is 11.9 Å². The Hall–Kier alpha value is -2.70. The van der Waals surface area contributed by atoms with E-state index in [4.69, 9.17) is 0 Å². The maximum atomic E-state index is 14.1. The molecule has 1 aliphatic heterocycles. The standard InChI is InChI=1S/C28H34F3N3O/c29-28(30,31)21-17-15-20(16-18-21)27(33-23-13-7-8-14-24(23)34-27)25(19-9-3-1-4-10-19)26(35)32-22-11-5-2-6-12-22/h7-8,13-19,22,25,33-34H,1-6,9-12H2,(H,32,35). The number of carbonyl (C=O) groups excluding carboxylic acids is 1. The van der Waals surface area contributed by atoms with Crippen molar-refractivity contribution in [3.05, 3.63) is 59.7 Å². The molecule has 1 unspecified atom stereocenters. The number of benzene rings is 2. The molecule has 0 spiro atoms. The first-order valence-corrected chi connectivity index (χ1v) is 13.0. The number of fused-ring (bicyclic) bond motifs is 1. The summed E-state index contributed by atoms with van der Waals surface area (Å²) in [5.41, 5.74) is 0.662. The molecule has 0 bridgehead atoms. The van der Waals surface area contributed by atoms with Gasteiger partial charge < -0.3 is 16.0 Å². The van der Waals surface area contributed by atoms with Gasteiger partial charge >= 0.3 is 6.18 Å². The fourth-order valence-corrected chi connectivity index (χ4v) is 6.33. The lowest BCUT2D eigenvalue weighted by molar-refractivity contribution is -0.137. The molecule has 1 amide bonds. The molecule has 7 heteroatoms. The number of hydrogen-bond acceptors (Lipinski definition) is 3. The van der Waals surface area contributed by atoms with Crippen LogP contribution < -0.4 is 16.0 Å². The summed E-state index contributed by atoms with van der Waals surface area (Å²) < 4.78 is 40.1. The van der Waals surface area contributed by atoms with Crippen LogP contribution in [0.1, 0.15) is 75.3 Å². The first kappa shape index (κ1) is 24.0. The Labute approximate surface area is 205 Å². The van der Waals surface area contributed by atoms with E-state index in [1.165, 1.54) is 18.6 Å². The molecule has 0 radical (unpaired) electrons. The van der Waals surface area contributed by atoms with Gasteiger partial charge in [-0.05, 0) is 61.4 Å². The molecule has 2 aliphatic carbocycles. The predicted octanol–water partition coefficient (Wildman–Crippen LogP) is 7.04. The lowest BCUT2D eigenvalue weighted by Crippen LogP contribution is -2.56. The number of para-hydroxylation sites is 2. The first-order chi connectivity index (χ1) is 16.9. The third-order valence-electron chi connectivity index (χ3n) is 8.08. The van der Waals surface area contributed by atoms with E-state index >= 15 is 0 Å². The van der Waals surface area contributed by atoms with Gasteiger partial charge in [0.15, 0.2) is 0 Å². The molecule has 2 aromatic rings. The zero-order chi connectivity index (χ0) is 24.5. The molecule has 1 atom stereocenters. The van der Waals surface area contributed by atoms with Crippen LogP contribution in [0.3, 0.4) is 0 Å². The Morgan fingerprint density at radius 1 is 0.829 bits per heavy atom. The van der Waals surface area contributed by atoms with Crippen LogP contribution in [0.25, 0.3) is 0 Å². The second kappa shape index (κ2) is 9.75. The molecule has 35 heavy (non-hydrogen) atoms. The van der Waals surface area contributed by atoms with E-state index in [1.54, 1.807) is 0 Å². The lowest BCUT2D eigenvalue weighted by atomic mass is 9.71. The highest BCUT2D eigenvalue weighted by Gasteiger charge is 2.52. The summed E-state index contributed by atoms with van der Waals surface area (Å²) in [6.07, 6.45) is 6.14. The molecule has 1 heterocycles. The topological polar surface area (TPSA) is 53.2 Å². The number of carbonyl (C=O) groups is 1. The van der Waals surface area contributed by atoms with Crippen molar-refractivity contribution in [1.82, 2.24) is 5.32 Å². The summed E-state index contributed by atoms with van der Waals surface area (Å²) in [6, 6.07) is 13.2. The average Bonchev–Trinajstić information content (AvgIpc) is 3.25. The highest BCUT2D eigenvalue weighted by Crippen LogP contribution is 2.49. The molecular formula is C28H34F3N3O. The van der Waals surface area contributed by atoms with Gasteiger partial charge in [0.25, 0.3) is 0 Å². The third kappa shape index (κ3) is 4.87. The van der Waals surface area contributed by atoms with Crippen LogP contribution in [0.4, 0.5) is 24.5 Å². The highest BCUT2D eigenvalue weighted by molar-refractivity contribution is 5.86. The zero-order valence-corrected chi connectivity index (χ0v) is 20.0. The highest BCUT2D eigenvalue weighted by atomic mass is 19.4. The molecular weight excluding hydrogens is 451 g/mol. The van der Waals surface area contributed by atoms with Crippen LogP contribution in [-0.2, 0) is 16.6 Å². The van der Waals surface area contributed by atoms with E-state index in [-0.39, 0.29) is 17.9 Å². The Kier molecular flexibility index (Phi) is 6.69. The van der Waals surface area contributed by atoms with Crippen molar-refractivity contribution in [2.45, 2.75) is 82.1 Å². The van der Waals surface area contributed by atoms with Crippen molar-refractivity contribution >= 4 is 17.3 Å². The minimum absolute atomic E-state index is 0.00324. The fraction of sp³-hybridized carbons (Fsp3) is 0.536. The van der Waals surface area contributed by atoms with Crippen molar-refractivity contribution in [2.24, 2.45) is 11.8 Å². The summed E-state index contributed by atoms with van der Waals surface area (Å²) in [5.74, 6) is -0.339. The Bertz CT molecular complexity index is 999. The minimum Gasteiger partial charge on any atom is -0.357 e. The maximum absolute atomic E-state index is 14.1. The van der Waals surface area contributed by atoms with Gasteiger partial charge in [0.2, 0.25) is 5.91 Å².